The Kier molecular flexibility index (Phi) is 14.8. The first-order chi connectivity index (χ1) is 10.3. The second-order valence-electron chi connectivity index (χ2n) is 3.44. The van der Waals surface area contributed by atoms with Gasteiger partial charge in [0.2, 0.25) is 0 Å². The summed E-state index contributed by atoms with van der Waals surface area (Å²) in [6, 6.07) is -1.29. The van der Waals surface area contributed by atoms with Crippen LogP contribution < -0.4 is 5.73 Å². The summed E-state index contributed by atoms with van der Waals surface area (Å²) < 4.78 is 0. The molecule has 0 amide bonds. The molecule has 0 aromatic rings. The van der Waals surface area contributed by atoms with Crippen LogP contribution in [0.1, 0.15) is 19.3 Å². The molecule has 23 heavy (non-hydrogen) atoms. The van der Waals surface area contributed by atoms with E-state index in [0.717, 1.165) is 0 Å². The van der Waals surface area contributed by atoms with Gasteiger partial charge in [-0.1, -0.05) is 0 Å². The first-order valence-corrected chi connectivity index (χ1v) is 5.41. The second kappa shape index (κ2) is 13.7. The van der Waals surface area contributed by atoms with Crippen LogP contribution in [-0.2, 0) is 28.8 Å². The molecule has 0 bridgehead atoms. The summed E-state index contributed by atoms with van der Waals surface area (Å²) in [6.45, 7) is 0. The van der Waals surface area contributed by atoms with Gasteiger partial charge in [0.05, 0.1) is 19.3 Å². The van der Waals surface area contributed by atoms with Gasteiger partial charge in [0.25, 0.3) is 0 Å². The SMILES string of the molecule is NC(CC(=O)O)C(=O)O.O=C(O)C(=O)O.O=C(O)CCC(=O)O. The highest BCUT2D eigenvalue weighted by Gasteiger charge is 2.14. The minimum atomic E-state index is -1.82. The van der Waals surface area contributed by atoms with Crippen molar-refractivity contribution in [1.29, 1.82) is 0 Å². The van der Waals surface area contributed by atoms with Crippen molar-refractivity contribution >= 4 is 35.8 Å². The number of carbonyl (C=O) groups is 6. The molecule has 0 spiro atoms. The van der Waals surface area contributed by atoms with Gasteiger partial charge in [0.15, 0.2) is 0 Å². The predicted molar refractivity (Wildman–Crippen MR) is 67.6 cm³/mol. The van der Waals surface area contributed by atoms with Crippen LogP contribution in [0.2, 0.25) is 0 Å². The van der Waals surface area contributed by atoms with Crippen molar-refractivity contribution in [2.45, 2.75) is 25.3 Å². The van der Waals surface area contributed by atoms with Crippen LogP contribution in [0, 0.1) is 0 Å². The van der Waals surface area contributed by atoms with Crippen LogP contribution in [0.25, 0.3) is 0 Å². The summed E-state index contributed by atoms with van der Waals surface area (Å²) in [5.41, 5.74) is 4.84. The molecule has 0 rings (SSSR count). The normalized spacial score (nSPS) is 9.78. The van der Waals surface area contributed by atoms with E-state index in [1.54, 1.807) is 0 Å². The fourth-order valence-electron chi connectivity index (χ4n) is 0.489. The van der Waals surface area contributed by atoms with E-state index in [4.69, 9.17) is 46.0 Å². The van der Waals surface area contributed by atoms with E-state index in [9.17, 15) is 19.2 Å². The minimum Gasteiger partial charge on any atom is -0.481 e. The van der Waals surface area contributed by atoms with Crippen LogP contribution in [-0.4, -0.2) is 72.5 Å². The molecule has 1 unspecified atom stereocenters. The van der Waals surface area contributed by atoms with Crippen LogP contribution in [0.3, 0.4) is 0 Å². The van der Waals surface area contributed by atoms with E-state index in [2.05, 4.69) is 0 Å². The average Bonchev–Trinajstić information content (AvgIpc) is 2.36. The first-order valence-electron chi connectivity index (χ1n) is 5.41. The van der Waals surface area contributed by atoms with Gasteiger partial charge in [-0.05, 0) is 0 Å². The standard InChI is InChI=1S/C4H7NO4.C4H6O4.C2H2O4/c5-2(4(8)9)1-3(6)7;5-3(6)1-2-4(7)8;3-1(4)2(5)6/h2H,1,5H2,(H,6,7)(H,8,9);1-2H2,(H,5,6)(H,7,8);(H,3,4)(H,5,6). The summed E-state index contributed by atoms with van der Waals surface area (Å²) in [5, 5.41) is 46.6. The van der Waals surface area contributed by atoms with E-state index < -0.39 is 48.3 Å². The molecule has 0 heterocycles. The van der Waals surface area contributed by atoms with Crippen molar-refractivity contribution in [2.24, 2.45) is 5.73 Å². The highest BCUT2D eigenvalue weighted by atomic mass is 16.4. The number of hydrogen-bond donors (Lipinski definition) is 7. The fourth-order valence-corrected chi connectivity index (χ4v) is 0.489. The lowest BCUT2D eigenvalue weighted by atomic mass is 10.2. The number of nitrogens with two attached hydrogens (primary N) is 1. The molecule has 13 nitrogen and oxygen atoms in total. The lowest BCUT2D eigenvalue weighted by Gasteiger charge is -1.99. The summed E-state index contributed by atoms with van der Waals surface area (Å²) in [4.78, 5) is 57.1. The van der Waals surface area contributed by atoms with Crippen molar-refractivity contribution in [3.63, 3.8) is 0 Å². The van der Waals surface area contributed by atoms with Crippen LogP contribution in [0.4, 0.5) is 0 Å². The van der Waals surface area contributed by atoms with Crippen LogP contribution in [0.15, 0.2) is 0 Å². The maximum Gasteiger partial charge on any atom is 0.414 e. The Labute approximate surface area is 127 Å². The number of rotatable bonds is 6. The van der Waals surface area contributed by atoms with Gasteiger partial charge < -0.3 is 36.4 Å². The minimum absolute atomic E-state index is 0.296. The molecule has 0 aliphatic rings. The molecule has 132 valence electrons. The summed E-state index contributed by atoms with van der Waals surface area (Å²) in [5.74, 6) is -8.30. The van der Waals surface area contributed by atoms with Gasteiger partial charge in [-0.3, -0.25) is 19.2 Å². The lowest BCUT2D eigenvalue weighted by molar-refractivity contribution is -0.159. The van der Waals surface area contributed by atoms with Gasteiger partial charge in [0, 0.05) is 0 Å². The Balaban J connectivity index is -0.000000266. The lowest BCUT2D eigenvalue weighted by Crippen LogP contribution is -2.32. The van der Waals surface area contributed by atoms with Gasteiger partial charge in [-0.25, -0.2) is 9.59 Å². The quantitative estimate of drug-likeness (QED) is 0.257. The highest BCUT2D eigenvalue weighted by Crippen LogP contribution is 1.86. The molecule has 0 fully saturated rings. The number of carboxylic acids is 6. The van der Waals surface area contributed by atoms with Crippen LogP contribution >= 0.6 is 0 Å². The van der Waals surface area contributed by atoms with Crippen molar-refractivity contribution in [2.75, 3.05) is 0 Å². The Morgan fingerprint density at radius 1 is 0.652 bits per heavy atom. The molecule has 0 aliphatic carbocycles. The molecular formula is C10H15NO12. The van der Waals surface area contributed by atoms with Gasteiger partial charge in [-0.15, -0.1) is 0 Å². The van der Waals surface area contributed by atoms with Crippen LogP contribution in [0.5, 0.6) is 0 Å². The summed E-state index contributed by atoms with van der Waals surface area (Å²) in [6.07, 6.45) is -1.13. The van der Waals surface area contributed by atoms with Gasteiger partial charge >= 0.3 is 35.8 Å². The summed E-state index contributed by atoms with van der Waals surface area (Å²) >= 11 is 0. The molecule has 0 aliphatic heterocycles. The molecule has 0 saturated heterocycles. The topological polar surface area (TPSA) is 250 Å². The van der Waals surface area contributed by atoms with Gasteiger partial charge in [-0.2, -0.15) is 0 Å². The van der Waals surface area contributed by atoms with Crippen molar-refractivity contribution in [3.8, 4) is 0 Å². The third-order valence-corrected chi connectivity index (χ3v) is 1.45. The number of hydrogen-bond acceptors (Lipinski definition) is 7. The zero-order valence-electron chi connectivity index (χ0n) is 11.4. The Morgan fingerprint density at radius 3 is 1.04 bits per heavy atom. The van der Waals surface area contributed by atoms with E-state index in [0.29, 0.717) is 0 Å². The monoisotopic (exact) mass is 341 g/mol. The predicted octanol–water partition coefficient (Wildman–Crippen LogP) is -2.04. The Hall–Kier alpha value is -3.22. The maximum absolute atomic E-state index is 9.85. The molecule has 13 heteroatoms. The summed E-state index contributed by atoms with van der Waals surface area (Å²) in [7, 11) is 0. The van der Waals surface area contributed by atoms with Crippen molar-refractivity contribution in [1.82, 2.24) is 0 Å². The molecule has 0 radical (unpaired) electrons. The van der Waals surface area contributed by atoms with Crippen molar-refractivity contribution in [3.05, 3.63) is 0 Å². The molecule has 0 aromatic heterocycles. The molecule has 0 saturated carbocycles. The smallest absolute Gasteiger partial charge is 0.414 e. The molecule has 0 aromatic carbocycles. The Morgan fingerprint density at radius 2 is 0.957 bits per heavy atom. The van der Waals surface area contributed by atoms with Crippen molar-refractivity contribution < 1.29 is 59.4 Å². The molecule has 1 atom stereocenters. The highest BCUT2D eigenvalue weighted by molar-refractivity contribution is 6.27. The molecular weight excluding hydrogens is 326 g/mol. The number of carboxylic acid groups (broad SMARTS) is 6. The van der Waals surface area contributed by atoms with Gasteiger partial charge in [0.1, 0.15) is 6.04 Å². The first kappa shape index (κ1) is 24.8. The Bertz CT molecular complexity index is 431. The third-order valence-electron chi connectivity index (χ3n) is 1.45. The maximum atomic E-state index is 9.85. The average molecular weight is 341 g/mol. The van der Waals surface area contributed by atoms with E-state index in [-0.39, 0.29) is 12.8 Å². The number of aliphatic carboxylic acids is 6. The molecule has 8 N–H and O–H groups in total. The second-order valence-corrected chi connectivity index (χ2v) is 3.44. The zero-order chi connectivity index (χ0) is 19.2. The van der Waals surface area contributed by atoms with E-state index >= 15 is 0 Å². The third kappa shape index (κ3) is 27.8. The van der Waals surface area contributed by atoms with E-state index in [1.807, 2.05) is 0 Å². The van der Waals surface area contributed by atoms with E-state index in [1.165, 1.54) is 0 Å². The largest absolute Gasteiger partial charge is 0.481 e. The fraction of sp³-hybridized carbons (Fsp3) is 0.400. The zero-order valence-corrected chi connectivity index (χ0v) is 11.4.